The predicted octanol–water partition coefficient (Wildman–Crippen LogP) is 0.444. The number of hydrazine groups is 1. The average molecular weight is 256 g/mol. The number of rotatable bonds is 4. The topological polar surface area (TPSA) is 97.1 Å². The fourth-order valence-corrected chi connectivity index (χ4v) is 3.35. The van der Waals surface area contributed by atoms with Crippen molar-refractivity contribution in [1.82, 2.24) is 9.71 Å². The van der Waals surface area contributed by atoms with Crippen molar-refractivity contribution in [3.05, 3.63) is 18.3 Å². The number of nitrogen functional groups attached to an aromatic ring is 1. The maximum Gasteiger partial charge on any atom is 0.260 e. The number of hydrogen-bond acceptors (Lipinski definition) is 5. The lowest BCUT2D eigenvalue weighted by Crippen LogP contribution is -2.43. The molecule has 0 unspecified atom stereocenters. The molecule has 1 aliphatic carbocycles. The number of sulfonamides is 1. The lowest BCUT2D eigenvalue weighted by molar-refractivity contribution is 0.270. The highest BCUT2D eigenvalue weighted by atomic mass is 32.2. The van der Waals surface area contributed by atoms with Crippen LogP contribution in [0.3, 0.4) is 0 Å². The zero-order valence-corrected chi connectivity index (χ0v) is 10.4. The molecule has 0 aromatic carbocycles. The summed E-state index contributed by atoms with van der Waals surface area (Å²) < 4.78 is 26.7. The van der Waals surface area contributed by atoms with Crippen molar-refractivity contribution >= 4 is 15.7 Å². The van der Waals surface area contributed by atoms with E-state index < -0.39 is 10.0 Å². The van der Waals surface area contributed by atoms with Gasteiger partial charge < -0.3 is 5.43 Å². The molecule has 6 nitrogen and oxygen atoms in total. The molecule has 0 saturated heterocycles. The molecule has 2 rings (SSSR count). The Bertz CT molecular complexity index is 497. The molecule has 4 N–H and O–H groups in total. The minimum atomic E-state index is -3.59. The van der Waals surface area contributed by atoms with E-state index in [4.69, 9.17) is 5.84 Å². The van der Waals surface area contributed by atoms with E-state index in [1.807, 2.05) is 0 Å². The lowest BCUT2D eigenvalue weighted by atomic mass is 9.83. The van der Waals surface area contributed by atoms with Gasteiger partial charge >= 0.3 is 0 Å². The van der Waals surface area contributed by atoms with Crippen LogP contribution in [0.2, 0.25) is 0 Å². The summed E-state index contributed by atoms with van der Waals surface area (Å²) in [5, 5.41) is -0.0537. The minimum Gasteiger partial charge on any atom is -0.321 e. The van der Waals surface area contributed by atoms with E-state index in [2.05, 4.69) is 22.1 Å². The molecule has 7 heteroatoms. The first-order valence-corrected chi connectivity index (χ1v) is 6.95. The Morgan fingerprint density at radius 3 is 2.76 bits per heavy atom. The molecule has 1 saturated carbocycles. The van der Waals surface area contributed by atoms with E-state index in [1.165, 1.54) is 6.20 Å². The van der Waals surface area contributed by atoms with E-state index in [9.17, 15) is 8.42 Å². The van der Waals surface area contributed by atoms with Crippen molar-refractivity contribution in [2.75, 3.05) is 5.43 Å². The Labute approximate surface area is 101 Å². The number of hydrogen-bond donors (Lipinski definition) is 3. The van der Waals surface area contributed by atoms with Gasteiger partial charge in [0.25, 0.3) is 10.0 Å². The number of nitrogens with two attached hydrogens (primary N) is 1. The maximum atomic E-state index is 12.1. The number of aromatic nitrogens is 1. The van der Waals surface area contributed by atoms with Crippen LogP contribution in [-0.4, -0.2) is 19.4 Å². The first kappa shape index (κ1) is 12.3. The van der Waals surface area contributed by atoms with Crippen molar-refractivity contribution in [2.24, 2.45) is 11.8 Å². The normalized spacial score (nSPS) is 24.1. The maximum absolute atomic E-state index is 12.1. The lowest BCUT2D eigenvalue weighted by Gasteiger charge is -2.32. The summed E-state index contributed by atoms with van der Waals surface area (Å²) in [5.41, 5.74) is 2.64. The summed E-state index contributed by atoms with van der Waals surface area (Å²) in [5.74, 6) is 5.85. The molecule has 0 radical (unpaired) electrons. The van der Waals surface area contributed by atoms with Crippen LogP contribution in [-0.2, 0) is 10.0 Å². The summed E-state index contributed by atoms with van der Waals surface area (Å²) in [6.45, 7) is 2.10. The van der Waals surface area contributed by atoms with Gasteiger partial charge in [-0.15, -0.1) is 0 Å². The highest BCUT2D eigenvalue weighted by Gasteiger charge is 2.31. The molecule has 94 valence electrons. The summed E-state index contributed by atoms with van der Waals surface area (Å²) in [7, 11) is -3.59. The fourth-order valence-electron chi connectivity index (χ4n) is 1.99. The molecular weight excluding hydrogens is 240 g/mol. The van der Waals surface area contributed by atoms with Gasteiger partial charge in [0.15, 0.2) is 5.03 Å². The van der Waals surface area contributed by atoms with Crippen molar-refractivity contribution in [1.29, 1.82) is 0 Å². The van der Waals surface area contributed by atoms with Gasteiger partial charge in [0.1, 0.15) is 0 Å². The molecule has 0 aliphatic heterocycles. The zero-order valence-electron chi connectivity index (χ0n) is 9.55. The highest BCUT2D eigenvalue weighted by molar-refractivity contribution is 7.89. The average Bonchev–Trinajstić information content (AvgIpc) is 2.26. The smallest absolute Gasteiger partial charge is 0.260 e. The molecule has 1 aromatic rings. The second kappa shape index (κ2) is 4.59. The van der Waals surface area contributed by atoms with Crippen molar-refractivity contribution in [3.8, 4) is 0 Å². The molecule has 1 aliphatic rings. The Kier molecular flexibility index (Phi) is 3.32. The van der Waals surface area contributed by atoms with Crippen molar-refractivity contribution in [3.63, 3.8) is 0 Å². The van der Waals surface area contributed by atoms with E-state index in [0.29, 0.717) is 11.6 Å². The highest BCUT2D eigenvalue weighted by Crippen LogP contribution is 2.28. The van der Waals surface area contributed by atoms with Crippen LogP contribution in [0.15, 0.2) is 23.4 Å². The Balaban J connectivity index is 2.19. The minimum absolute atomic E-state index is 0.0163. The van der Waals surface area contributed by atoms with Gasteiger partial charge in [-0.2, -0.15) is 0 Å². The van der Waals surface area contributed by atoms with E-state index in [-0.39, 0.29) is 11.1 Å². The summed E-state index contributed by atoms with van der Waals surface area (Å²) in [6, 6.07) is 3.22. The van der Waals surface area contributed by atoms with Crippen LogP contribution < -0.4 is 16.0 Å². The van der Waals surface area contributed by atoms with Gasteiger partial charge in [-0.1, -0.05) is 6.92 Å². The van der Waals surface area contributed by atoms with Crippen LogP contribution >= 0.6 is 0 Å². The molecule has 0 amide bonds. The van der Waals surface area contributed by atoms with Crippen LogP contribution in [0.1, 0.15) is 19.8 Å². The monoisotopic (exact) mass is 256 g/mol. The predicted molar refractivity (Wildman–Crippen MR) is 64.6 cm³/mol. The van der Waals surface area contributed by atoms with Crippen LogP contribution in [0, 0.1) is 5.92 Å². The van der Waals surface area contributed by atoms with Gasteiger partial charge in [-0.3, -0.25) is 5.84 Å². The SMILES string of the molecule is CC1CC(NS(=O)(=O)c2ncccc2NN)C1. The first-order valence-electron chi connectivity index (χ1n) is 5.47. The third kappa shape index (κ3) is 2.56. The van der Waals surface area contributed by atoms with Crippen molar-refractivity contribution in [2.45, 2.75) is 30.8 Å². The molecule has 0 bridgehead atoms. The molecule has 0 spiro atoms. The molecule has 1 fully saturated rings. The molecule has 17 heavy (non-hydrogen) atoms. The summed E-state index contributed by atoms with van der Waals surface area (Å²) in [6.07, 6.45) is 3.17. The second-order valence-electron chi connectivity index (χ2n) is 4.40. The fraction of sp³-hybridized carbons (Fsp3) is 0.500. The Hall–Kier alpha value is -1.18. The van der Waals surface area contributed by atoms with Crippen molar-refractivity contribution < 1.29 is 8.42 Å². The standard InChI is InChI=1S/C10H16N4O2S/c1-7-5-8(6-7)14-17(15,16)10-9(13-11)3-2-4-12-10/h2-4,7-8,13-14H,5-6,11H2,1H3. The van der Waals surface area contributed by atoms with Crippen LogP contribution in [0.4, 0.5) is 5.69 Å². The third-order valence-electron chi connectivity index (χ3n) is 2.88. The van der Waals surface area contributed by atoms with Crippen LogP contribution in [0.5, 0.6) is 0 Å². The molecule has 1 heterocycles. The largest absolute Gasteiger partial charge is 0.321 e. The molecule has 0 atom stereocenters. The van der Waals surface area contributed by atoms with E-state index in [1.54, 1.807) is 12.1 Å². The van der Waals surface area contributed by atoms with Gasteiger partial charge in [0.2, 0.25) is 0 Å². The van der Waals surface area contributed by atoms with Gasteiger partial charge in [-0.25, -0.2) is 18.1 Å². The van der Waals surface area contributed by atoms with Gasteiger partial charge in [0, 0.05) is 12.2 Å². The quantitative estimate of drug-likeness (QED) is 0.536. The van der Waals surface area contributed by atoms with Gasteiger partial charge in [0.05, 0.1) is 5.69 Å². The summed E-state index contributed by atoms with van der Waals surface area (Å²) >= 11 is 0. The number of anilines is 1. The van der Waals surface area contributed by atoms with E-state index in [0.717, 1.165) is 12.8 Å². The third-order valence-corrected chi connectivity index (χ3v) is 4.35. The second-order valence-corrected chi connectivity index (χ2v) is 6.02. The number of nitrogens with zero attached hydrogens (tertiary/aromatic N) is 1. The summed E-state index contributed by atoms with van der Waals surface area (Å²) in [4.78, 5) is 3.86. The van der Waals surface area contributed by atoms with Crippen LogP contribution in [0.25, 0.3) is 0 Å². The number of nitrogens with one attached hydrogen (secondary N) is 2. The van der Waals surface area contributed by atoms with Gasteiger partial charge in [-0.05, 0) is 30.9 Å². The molecular formula is C10H16N4O2S. The first-order chi connectivity index (χ1) is 8.03. The zero-order chi connectivity index (χ0) is 12.5. The molecule has 1 aromatic heterocycles. The van der Waals surface area contributed by atoms with E-state index >= 15 is 0 Å². The Morgan fingerprint density at radius 2 is 2.18 bits per heavy atom. The Morgan fingerprint density at radius 1 is 1.47 bits per heavy atom. The number of pyridine rings is 1.